The molecule has 0 fully saturated rings. The van der Waals surface area contributed by atoms with E-state index in [1.54, 1.807) is 7.11 Å². The first-order valence-corrected chi connectivity index (χ1v) is 5.80. The van der Waals surface area contributed by atoms with Crippen molar-refractivity contribution in [1.82, 2.24) is 0 Å². The zero-order valence-corrected chi connectivity index (χ0v) is 9.76. The van der Waals surface area contributed by atoms with Gasteiger partial charge in [-0.25, -0.2) is 0 Å². The Bertz CT molecular complexity index is 82.3. The monoisotopic (exact) mass is 201 g/mol. The van der Waals surface area contributed by atoms with E-state index < -0.39 is 0 Å². The van der Waals surface area contributed by atoms with Crippen molar-refractivity contribution in [2.75, 3.05) is 26.9 Å². The third-order valence-corrected chi connectivity index (χ3v) is 2.16. The lowest BCUT2D eigenvalue weighted by Crippen LogP contribution is -1.93. The summed E-state index contributed by atoms with van der Waals surface area (Å²) in [5.74, 6) is 0. The van der Waals surface area contributed by atoms with Gasteiger partial charge in [-0.2, -0.15) is 0 Å². The van der Waals surface area contributed by atoms with Crippen molar-refractivity contribution in [2.24, 2.45) is 0 Å². The molecule has 2 nitrogen and oxygen atoms in total. The third-order valence-electron chi connectivity index (χ3n) is 2.16. The van der Waals surface area contributed by atoms with E-state index in [0.717, 1.165) is 19.8 Å². The molecule has 0 aromatic heterocycles. The lowest BCUT2D eigenvalue weighted by atomic mass is 10.1. The molecule has 0 amide bonds. The van der Waals surface area contributed by atoms with E-state index in [-0.39, 0.29) is 0 Å². The highest BCUT2D eigenvalue weighted by molar-refractivity contribution is 4.64. The first kappa shape index (κ1) is 13.9. The van der Waals surface area contributed by atoms with Crippen LogP contribution < -0.4 is 0 Å². The van der Waals surface area contributed by atoms with Crippen LogP contribution in [-0.2, 0) is 9.47 Å². The van der Waals surface area contributed by atoms with Gasteiger partial charge in [-0.1, -0.05) is 25.7 Å². The average Bonchev–Trinajstić information content (AvgIpc) is 2.21. The minimum absolute atomic E-state index is 0.848. The van der Waals surface area contributed by atoms with Gasteiger partial charge in [-0.15, -0.1) is 0 Å². The molecule has 0 unspecified atom stereocenters. The van der Waals surface area contributed by atoms with Crippen LogP contribution in [0.3, 0.4) is 0 Å². The van der Waals surface area contributed by atoms with Crippen LogP contribution >= 0.6 is 0 Å². The van der Waals surface area contributed by atoms with Gasteiger partial charge < -0.3 is 9.47 Å². The van der Waals surface area contributed by atoms with E-state index in [4.69, 9.17) is 9.47 Å². The summed E-state index contributed by atoms with van der Waals surface area (Å²) < 4.78 is 10.2. The minimum Gasteiger partial charge on any atom is -0.385 e. The molecular formula is C12H25O2. The quantitative estimate of drug-likeness (QED) is 0.478. The molecule has 0 N–H and O–H groups in total. The van der Waals surface area contributed by atoms with E-state index in [2.05, 4.69) is 6.42 Å². The van der Waals surface area contributed by atoms with Gasteiger partial charge in [0, 0.05) is 26.9 Å². The van der Waals surface area contributed by atoms with Gasteiger partial charge in [-0.3, -0.25) is 0 Å². The summed E-state index contributed by atoms with van der Waals surface area (Å²) in [6.07, 6.45) is 9.78. The summed E-state index contributed by atoms with van der Waals surface area (Å²) in [6.45, 7) is 4.72. The smallest absolute Gasteiger partial charge is 0.0465 e. The van der Waals surface area contributed by atoms with Gasteiger partial charge in [0.25, 0.3) is 0 Å². The highest BCUT2D eigenvalue weighted by atomic mass is 16.5. The van der Waals surface area contributed by atoms with Crippen molar-refractivity contribution in [3.05, 3.63) is 6.42 Å². The molecule has 0 heterocycles. The zero-order chi connectivity index (χ0) is 10.5. The van der Waals surface area contributed by atoms with Crippen LogP contribution in [-0.4, -0.2) is 26.9 Å². The Morgan fingerprint density at radius 1 is 0.929 bits per heavy atom. The topological polar surface area (TPSA) is 18.5 Å². The molecule has 0 aromatic carbocycles. The molecule has 0 aliphatic rings. The predicted octanol–water partition coefficient (Wildman–Crippen LogP) is 3.21. The molecule has 1 radical (unpaired) electrons. The third kappa shape index (κ3) is 11.9. The fourth-order valence-corrected chi connectivity index (χ4v) is 1.32. The van der Waals surface area contributed by atoms with Crippen molar-refractivity contribution in [3.63, 3.8) is 0 Å². The number of unbranched alkanes of at least 4 members (excludes halogenated alkanes) is 6. The molecule has 0 aliphatic carbocycles. The summed E-state index contributed by atoms with van der Waals surface area (Å²) in [5.41, 5.74) is 0. The lowest BCUT2D eigenvalue weighted by Gasteiger charge is -2.02. The molecule has 0 aliphatic heterocycles. The van der Waals surface area contributed by atoms with Gasteiger partial charge in [-0.05, 0) is 26.2 Å². The van der Waals surface area contributed by atoms with E-state index in [1.807, 2.05) is 6.92 Å². The standard InChI is InChI=1S/C12H25O2/c1-3-14-12-10-8-6-4-5-7-9-11-13-2/h4H,3,5-12H2,1-2H3. The van der Waals surface area contributed by atoms with Crippen LogP contribution in [0.1, 0.15) is 45.4 Å². The first-order chi connectivity index (χ1) is 6.91. The molecular weight excluding hydrogens is 176 g/mol. The second kappa shape index (κ2) is 12.9. The molecule has 85 valence electrons. The predicted molar refractivity (Wildman–Crippen MR) is 60.4 cm³/mol. The fourth-order valence-electron chi connectivity index (χ4n) is 1.32. The molecule has 0 saturated carbocycles. The Kier molecular flexibility index (Phi) is 12.8. The number of hydrogen-bond acceptors (Lipinski definition) is 2. The van der Waals surface area contributed by atoms with Crippen LogP contribution in [0, 0.1) is 6.42 Å². The highest BCUT2D eigenvalue weighted by Crippen LogP contribution is 2.06. The van der Waals surface area contributed by atoms with Crippen molar-refractivity contribution in [2.45, 2.75) is 45.4 Å². The molecule has 14 heavy (non-hydrogen) atoms. The Morgan fingerprint density at radius 2 is 1.57 bits per heavy atom. The number of ether oxygens (including phenoxy) is 2. The second-order valence-corrected chi connectivity index (χ2v) is 3.47. The van der Waals surface area contributed by atoms with E-state index in [0.29, 0.717) is 0 Å². The van der Waals surface area contributed by atoms with E-state index >= 15 is 0 Å². The van der Waals surface area contributed by atoms with Gasteiger partial charge in [0.15, 0.2) is 0 Å². The number of methoxy groups -OCH3 is 1. The van der Waals surface area contributed by atoms with Crippen LogP contribution in [0.5, 0.6) is 0 Å². The van der Waals surface area contributed by atoms with Crippen molar-refractivity contribution in [3.8, 4) is 0 Å². The molecule has 0 atom stereocenters. The van der Waals surface area contributed by atoms with Crippen LogP contribution in [0.15, 0.2) is 0 Å². The second-order valence-electron chi connectivity index (χ2n) is 3.47. The number of rotatable bonds is 11. The molecule has 0 saturated heterocycles. The van der Waals surface area contributed by atoms with E-state index in [1.165, 1.54) is 38.5 Å². The summed E-state index contributed by atoms with van der Waals surface area (Å²) in [7, 11) is 1.76. The van der Waals surface area contributed by atoms with Crippen molar-refractivity contribution in [1.29, 1.82) is 0 Å². The van der Waals surface area contributed by atoms with Gasteiger partial charge in [0.2, 0.25) is 0 Å². The zero-order valence-electron chi connectivity index (χ0n) is 9.76. The Morgan fingerprint density at radius 3 is 2.14 bits per heavy atom. The SMILES string of the molecule is CCOCCCC[CH]CCCCOC. The van der Waals surface area contributed by atoms with Gasteiger partial charge in [0.05, 0.1) is 0 Å². The first-order valence-electron chi connectivity index (χ1n) is 5.80. The largest absolute Gasteiger partial charge is 0.385 e. The molecule has 0 spiro atoms. The molecule has 0 bridgehead atoms. The normalized spacial score (nSPS) is 10.7. The molecule has 2 heteroatoms. The maximum absolute atomic E-state index is 5.26. The van der Waals surface area contributed by atoms with Crippen LogP contribution in [0.25, 0.3) is 0 Å². The summed E-state index contributed by atoms with van der Waals surface area (Å²) in [5, 5.41) is 0. The molecule has 0 aromatic rings. The van der Waals surface area contributed by atoms with Gasteiger partial charge in [0.1, 0.15) is 0 Å². The summed E-state index contributed by atoms with van der Waals surface area (Å²) in [6, 6.07) is 0. The Balaban J connectivity index is 2.78. The number of hydrogen-bond donors (Lipinski definition) is 0. The fraction of sp³-hybridized carbons (Fsp3) is 0.917. The van der Waals surface area contributed by atoms with Crippen LogP contribution in [0.2, 0.25) is 0 Å². The van der Waals surface area contributed by atoms with Crippen LogP contribution in [0.4, 0.5) is 0 Å². The molecule has 0 rings (SSSR count). The minimum atomic E-state index is 0.848. The lowest BCUT2D eigenvalue weighted by molar-refractivity contribution is 0.143. The summed E-state index contributed by atoms with van der Waals surface area (Å²) >= 11 is 0. The van der Waals surface area contributed by atoms with E-state index in [9.17, 15) is 0 Å². The Hall–Kier alpha value is -0.0800. The average molecular weight is 201 g/mol. The highest BCUT2D eigenvalue weighted by Gasteiger charge is 1.92. The summed E-state index contributed by atoms with van der Waals surface area (Å²) in [4.78, 5) is 0. The van der Waals surface area contributed by atoms with Crippen molar-refractivity contribution >= 4 is 0 Å². The maximum Gasteiger partial charge on any atom is 0.0465 e. The maximum atomic E-state index is 5.26. The van der Waals surface area contributed by atoms with Gasteiger partial charge >= 0.3 is 0 Å². The van der Waals surface area contributed by atoms with Crippen molar-refractivity contribution < 1.29 is 9.47 Å². The Labute approximate surface area is 89.0 Å².